The van der Waals surface area contributed by atoms with Gasteiger partial charge in [-0.05, 0) is 79.0 Å². The summed E-state index contributed by atoms with van der Waals surface area (Å²) in [6.07, 6.45) is -1.60. The van der Waals surface area contributed by atoms with Crippen LogP contribution in [0.15, 0.2) is 34.8 Å². The van der Waals surface area contributed by atoms with Crippen LogP contribution in [0.25, 0.3) is 0 Å². The Bertz CT molecular complexity index is 1220. The maximum Gasteiger partial charge on any atom is 0.490 e. The fourth-order valence-electron chi connectivity index (χ4n) is 5.39. The first-order chi connectivity index (χ1) is 18.7. The number of benzene rings is 2. The number of carboxylic acids is 1. The number of aliphatic carboxylic acids is 1. The minimum atomic E-state index is -5.08. The van der Waals surface area contributed by atoms with Gasteiger partial charge in [0, 0.05) is 28.0 Å². The van der Waals surface area contributed by atoms with Crippen molar-refractivity contribution in [3.05, 3.63) is 52.0 Å². The molecule has 1 aliphatic heterocycles. The summed E-state index contributed by atoms with van der Waals surface area (Å²) < 4.78 is 70.2. The van der Waals surface area contributed by atoms with Crippen LogP contribution < -0.4 is 20.1 Å². The number of amides is 2. The van der Waals surface area contributed by atoms with Gasteiger partial charge in [-0.1, -0.05) is 6.07 Å². The van der Waals surface area contributed by atoms with Gasteiger partial charge in [0.1, 0.15) is 5.82 Å². The number of ether oxygens (including phenoxy) is 2. The van der Waals surface area contributed by atoms with E-state index in [2.05, 4.69) is 50.6 Å². The lowest BCUT2D eigenvalue weighted by Crippen LogP contribution is -2.52. The van der Waals surface area contributed by atoms with Crippen LogP contribution in [-0.4, -0.2) is 68.1 Å². The van der Waals surface area contributed by atoms with Gasteiger partial charge in [0.25, 0.3) is 0 Å². The number of alkyl halides is 3. The standard InChI is InChI=1S/C24H28BrF2N3O3.C2HF3O2/c1-30-9-8-24(14-4-5-19(32-2)20(10-14)33-3)7-6-16(13-21(24)30)28-23(31)29-22-17(25)11-15(26)12-18(22)27;3-2(4,5)1(6)7/h4-5,10-12,16,21H,6-9,13H2,1-3H3,(H2,28,29,31);(H,6,7)/t16-,21+,24+;/m1./s1. The lowest BCUT2D eigenvalue weighted by atomic mass is 9.65. The Morgan fingerprint density at radius 2 is 1.75 bits per heavy atom. The number of carbonyl (C=O) groups is 2. The third kappa shape index (κ3) is 6.95. The van der Waals surface area contributed by atoms with Crippen molar-refractivity contribution in [1.82, 2.24) is 10.2 Å². The smallest absolute Gasteiger partial charge is 0.490 e. The number of hydrogen-bond acceptors (Lipinski definition) is 5. The minimum absolute atomic E-state index is 0.0327. The van der Waals surface area contributed by atoms with Gasteiger partial charge in [0.2, 0.25) is 0 Å². The van der Waals surface area contributed by atoms with Crippen LogP contribution in [0.5, 0.6) is 11.5 Å². The summed E-state index contributed by atoms with van der Waals surface area (Å²) in [6, 6.07) is 7.66. The lowest BCUT2D eigenvalue weighted by molar-refractivity contribution is -0.192. The third-order valence-electron chi connectivity index (χ3n) is 7.31. The van der Waals surface area contributed by atoms with Gasteiger partial charge in [0.15, 0.2) is 17.3 Å². The Labute approximate surface area is 235 Å². The highest BCUT2D eigenvalue weighted by atomic mass is 79.9. The molecule has 2 amide bonds. The molecule has 0 spiro atoms. The van der Waals surface area contributed by atoms with E-state index in [1.165, 1.54) is 5.56 Å². The first-order valence-corrected chi connectivity index (χ1v) is 13.0. The number of urea groups is 1. The summed E-state index contributed by atoms with van der Waals surface area (Å²) in [4.78, 5) is 23.8. The lowest BCUT2D eigenvalue weighted by Gasteiger charge is -2.45. The Balaban J connectivity index is 0.000000559. The number of nitrogens with one attached hydrogen (secondary N) is 2. The van der Waals surface area contributed by atoms with E-state index in [1.54, 1.807) is 14.2 Å². The molecule has 0 bridgehead atoms. The molecule has 4 rings (SSSR count). The van der Waals surface area contributed by atoms with E-state index in [1.807, 2.05) is 6.07 Å². The number of fused-ring (bicyclic) bond motifs is 1. The minimum Gasteiger partial charge on any atom is -0.493 e. The van der Waals surface area contributed by atoms with Crippen LogP contribution in [0, 0.1) is 11.6 Å². The highest BCUT2D eigenvalue weighted by Crippen LogP contribution is 2.49. The average Bonchev–Trinajstić information content (AvgIpc) is 3.22. The zero-order valence-corrected chi connectivity index (χ0v) is 23.5. The van der Waals surface area contributed by atoms with Crippen molar-refractivity contribution >= 4 is 33.6 Å². The number of methoxy groups -OCH3 is 2. The van der Waals surface area contributed by atoms with Crippen LogP contribution in [0.4, 0.5) is 32.4 Å². The molecule has 2 aromatic rings. The summed E-state index contributed by atoms with van der Waals surface area (Å²) in [6.45, 7) is 0.964. The second-order valence-electron chi connectivity index (χ2n) is 9.59. The van der Waals surface area contributed by atoms with E-state index in [9.17, 15) is 26.7 Å². The first-order valence-electron chi connectivity index (χ1n) is 12.2. The summed E-state index contributed by atoms with van der Waals surface area (Å²) in [5.41, 5.74) is 1.10. The molecule has 1 heterocycles. The number of nitrogens with zero attached hydrogens (tertiary/aromatic N) is 1. The highest BCUT2D eigenvalue weighted by Gasteiger charge is 2.50. The third-order valence-corrected chi connectivity index (χ3v) is 7.93. The zero-order valence-electron chi connectivity index (χ0n) is 21.9. The molecule has 40 heavy (non-hydrogen) atoms. The molecule has 3 N–H and O–H groups in total. The van der Waals surface area contributed by atoms with Crippen molar-refractivity contribution in [2.75, 3.05) is 33.1 Å². The van der Waals surface area contributed by atoms with Crippen LogP contribution >= 0.6 is 15.9 Å². The maximum absolute atomic E-state index is 14.1. The van der Waals surface area contributed by atoms with E-state index in [-0.39, 0.29) is 27.7 Å². The van der Waals surface area contributed by atoms with Crippen molar-refractivity contribution in [2.24, 2.45) is 0 Å². The van der Waals surface area contributed by atoms with Crippen LogP contribution in [-0.2, 0) is 10.2 Å². The molecule has 0 aromatic heterocycles. The summed E-state index contributed by atoms with van der Waals surface area (Å²) in [7, 11) is 5.38. The SMILES string of the molecule is COc1ccc([C@@]23CC[C@@H](NC(=O)Nc4c(F)cc(F)cc4Br)C[C@@H]2N(C)CC3)cc1OC.O=C(O)C(F)(F)F. The fraction of sp³-hybridized carbons (Fsp3) is 0.462. The van der Waals surface area contributed by atoms with Crippen molar-refractivity contribution in [1.29, 1.82) is 0 Å². The normalized spacial score (nSPS) is 22.4. The molecule has 0 radical (unpaired) electrons. The van der Waals surface area contributed by atoms with Gasteiger partial charge in [-0.25, -0.2) is 18.4 Å². The topological polar surface area (TPSA) is 100 Å². The predicted octanol–water partition coefficient (Wildman–Crippen LogP) is 5.69. The second kappa shape index (κ2) is 12.6. The molecule has 2 fully saturated rings. The summed E-state index contributed by atoms with van der Waals surface area (Å²) in [5, 5.41) is 12.6. The molecule has 2 aromatic carbocycles. The highest BCUT2D eigenvalue weighted by molar-refractivity contribution is 9.10. The molecule has 14 heteroatoms. The average molecular weight is 638 g/mol. The summed E-state index contributed by atoms with van der Waals surface area (Å²) in [5.74, 6) is -2.89. The molecule has 2 aliphatic rings. The van der Waals surface area contributed by atoms with Crippen molar-refractivity contribution in [3.8, 4) is 11.5 Å². The summed E-state index contributed by atoms with van der Waals surface area (Å²) >= 11 is 3.10. The van der Waals surface area contributed by atoms with Crippen molar-refractivity contribution < 1.29 is 46.1 Å². The molecule has 1 aliphatic carbocycles. The molecule has 1 saturated carbocycles. The second-order valence-corrected chi connectivity index (χ2v) is 10.4. The number of halogens is 6. The van der Waals surface area contributed by atoms with Gasteiger partial charge in [-0.2, -0.15) is 13.2 Å². The maximum atomic E-state index is 14.1. The number of rotatable bonds is 5. The number of likely N-dealkylation sites (tertiary alicyclic amines) is 1. The molecule has 3 atom stereocenters. The largest absolute Gasteiger partial charge is 0.493 e. The van der Waals surface area contributed by atoms with E-state index < -0.39 is 29.8 Å². The number of hydrogen-bond donors (Lipinski definition) is 3. The molecule has 1 saturated heterocycles. The van der Waals surface area contributed by atoms with E-state index in [0.29, 0.717) is 11.5 Å². The zero-order chi connectivity index (χ0) is 29.8. The monoisotopic (exact) mass is 637 g/mol. The van der Waals surface area contributed by atoms with E-state index in [0.717, 1.165) is 44.4 Å². The fourth-order valence-corrected chi connectivity index (χ4v) is 5.90. The van der Waals surface area contributed by atoms with Gasteiger partial charge < -0.3 is 30.1 Å². The quantitative estimate of drug-likeness (QED) is 0.364. The van der Waals surface area contributed by atoms with Crippen LogP contribution in [0.1, 0.15) is 31.2 Å². The molecule has 220 valence electrons. The number of carbonyl (C=O) groups excluding carboxylic acids is 1. The van der Waals surface area contributed by atoms with Gasteiger partial charge in [-0.15, -0.1) is 0 Å². The van der Waals surface area contributed by atoms with E-state index >= 15 is 0 Å². The molecule has 8 nitrogen and oxygen atoms in total. The van der Waals surface area contributed by atoms with Crippen LogP contribution in [0.3, 0.4) is 0 Å². The van der Waals surface area contributed by atoms with Crippen LogP contribution in [0.2, 0.25) is 0 Å². The Morgan fingerprint density at radius 3 is 2.33 bits per heavy atom. The van der Waals surface area contributed by atoms with Crippen molar-refractivity contribution in [2.45, 2.75) is 49.4 Å². The molecular weight excluding hydrogens is 609 g/mol. The molecule has 0 unspecified atom stereocenters. The Hall–Kier alpha value is -3.13. The predicted molar refractivity (Wildman–Crippen MR) is 140 cm³/mol. The molecular formula is C26H29BrF5N3O5. The van der Waals surface area contributed by atoms with Gasteiger partial charge in [-0.3, -0.25) is 0 Å². The van der Waals surface area contributed by atoms with Gasteiger partial charge in [0.05, 0.1) is 19.9 Å². The number of carboxylic acid groups (broad SMARTS) is 1. The van der Waals surface area contributed by atoms with E-state index in [4.69, 9.17) is 19.4 Å². The first kappa shape index (κ1) is 31.4. The number of anilines is 1. The van der Waals surface area contributed by atoms with Crippen molar-refractivity contribution in [3.63, 3.8) is 0 Å². The number of likely N-dealkylation sites (N-methyl/N-ethyl adjacent to an activating group) is 1. The Morgan fingerprint density at radius 1 is 1.10 bits per heavy atom. The van der Waals surface area contributed by atoms with Gasteiger partial charge >= 0.3 is 18.2 Å². The Kier molecular flexibility index (Phi) is 9.88.